The first kappa shape index (κ1) is 15.2. The van der Waals surface area contributed by atoms with E-state index >= 15 is 0 Å². The fourth-order valence-electron chi connectivity index (χ4n) is 2.59. The van der Waals surface area contributed by atoms with Gasteiger partial charge in [0.25, 0.3) is 0 Å². The molecule has 20 heavy (non-hydrogen) atoms. The van der Waals surface area contributed by atoms with Crippen molar-refractivity contribution < 1.29 is 0 Å². The van der Waals surface area contributed by atoms with Crippen LogP contribution >= 0.6 is 15.9 Å². The third-order valence-electron chi connectivity index (χ3n) is 3.85. The van der Waals surface area contributed by atoms with E-state index in [4.69, 9.17) is 0 Å². The van der Waals surface area contributed by atoms with Gasteiger partial charge >= 0.3 is 0 Å². The highest BCUT2D eigenvalue weighted by Gasteiger charge is 2.20. The molecular formula is C13H21BrN6. The number of nitrogens with zero attached hydrogens (tertiary/aromatic N) is 5. The summed E-state index contributed by atoms with van der Waals surface area (Å²) in [6.45, 7) is 4.18. The van der Waals surface area contributed by atoms with Gasteiger partial charge in [-0.25, -0.2) is 4.68 Å². The van der Waals surface area contributed by atoms with Gasteiger partial charge in [-0.1, -0.05) is 5.21 Å². The summed E-state index contributed by atoms with van der Waals surface area (Å²) < 4.78 is 4.56. The Hall–Kier alpha value is -1.21. The Morgan fingerprint density at radius 3 is 2.40 bits per heavy atom. The highest BCUT2D eigenvalue weighted by molar-refractivity contribution is 9.10. The molecule has 1 atom stereocenters. The molecule has 0 fully saturated rings. The summed E-state index contributed by atoms with van der Waals surface area (Å²) in [6.07, 6.45) is 1.96. The van der Waals surface area contributed by atoms with Gasteiger partial charge < -0.3 is 5.32 Å². The Kier molecular flexibility index (Phi) is 4.59. The Morgan fingerprint density at radius 1 is 1.25 bits per heavy atom. The fourth-order valence-corrected chi connectivity index (χ4v) is 3.20. The molecule has 2 heterocycles. The maximum Gasteiger partial charge on any atom is 0.153 e. The summed E-state index contributed by atoms with van der Waals surface area (Å²) in [6, 6.07) is 0.211. The smallest absolute Gasteiger partial charge is 0.153 e. The van der Waals surface area contributed by atoms with Crippen LogP contribution in [-0.2, 0) is 20.5 Å². The quantitative estimate of drug-likeness (QED) is 0.901. The van der Waals surface area contributed by atoms with E-state index in [0.717, 1.165) is 28.8 Å². The zero-order valence-corrected chi connectivity index (χ0v) is 14.2. The minimum atomic E-state index is 0.211. The molecule has 0 aliphatic heterocycles. The second-order valence-electron chi connectivity index (χ2n) is 5.04. The molecule has 0 saturated heterocycles. The number of aromatic nitrogens is 5. The van der Waals surface area contributed by atoms with Crippen LogP contribution in [-0.4, -0.2) is 31.8 Å². The number of aryl methyl sites for hydroxylation is 3. The van der Waals surface area contributed by atoms with Gasteiger partial charge in [0.1, 0.15) is 0 Å². The first-order valence-corrected chi connectivity index (χ1v) is 7.46. The minimum Gasteiger partial charge on any atom is -0.312 e. The van der Waals surface area contributed by atoms with E-state index in [1.54, 1.807) is 0 Å². The standard InChI is InChI=1S/C13H21BrN6/c1-8-10(9(2)19(4)17-8)6-7-11(15-3)12-13(14)16-18-20(12)5/h11,15H,6-7H2,1-5H3. The van der Waals surface area contributed by atoms with Crippen LogP contribution in [0.1, 0.15) is 35.1 Å². The number of hydrogen-bond donors (Lipinski definition) is 1. The molecule has 0 saturated carbocycles. The molecule has 1 N–H and O–H groups in total. The van der Waals surface area contributed by atoms with Gasteiger partial charge in [0.15, 0.2) is 4.60 Å². The lowest BCUT2D eigenvalue weighted by molar-refractivity contribution is 0.502. The molecule has 2 aromatic rings. The predicted octanol–water partition coefficient (Wildman–Crippen LogP) is 1.82. The molecule has 0 aromatic carbocycles. The molecule has 2 rings (SSSR count). The molecule has 6 nitrogen and oxygen atoms in total. The van der Waals surface area contributed by atoms with Crippen molar-refractivity contribution >= 4 is 15.9 Å². The molecule has 0 radical (unpaired) electrons. The maximum atomic E-state index is 4.47. The van der Waals surface area contributed by atoms with E-state index in [1.165, 1.54) is 11.3 Å². The van der Waals surface area contributed by atoms with Crippen LogP contribution < -0.4 is 5.32 Å². The predicted molar refractivity (Wildman–Crippen MR) is 81.5 cm³/mol. The average molecular weight is 341 g/mol. The van der Waals surface area contributed by atoms with Crippen LogP contribution in [0.4, 0.5) is 0 Å². The van der Waals surface area contributed by atoms with Gasteiger partial charge in [-0.2, -0.15) is 5.10 Å². The van der Waals surface area contributed by atoms with Crippen molar-refractivity contribution in [2.75, 3.05) is 7.05 Å². The number of rotatable bonds is 5. The van der Waals surface area contributed by atoms with Crippen molar-refractivity contribution in [3.63, 3.8) is 0 Å². The summed E-state index contributed by atoms with van der Waals surface area (Å²) in [4.78, 5) is 0. The molecule has 2 aromatic heterocycles. The Bertz CT molecular complexity index is 581. The molecular weight excluding hydrogens is 320 g/mol. The summed E-state index contributed by atoms with van der Waals surface area (Å²) in [5.74, 6) is 0. The monoisotopic (exact) mass is 340 g/mol. The summed E-state index contributed by atoms with van der Waals surface area (Å²) in [7, 11) is 5.87. The van der Waals surface area contributed by atoms with E-state index in [9.17, 15) is 0 Å². The summed E-state index contributed by atoms with van der Waals surface area (Å²) in [5, 5.41) is 15.9. The van der Waals surface area contributed by atoms with E-state index in [-0.39, 0.29) is 6.04 Å². The van der Waals surface area contributed by atoms with Crippen molar-refractivity contribution in [3.05, 3.63) is 27.2 Å². The summed E-state index contributed by atoms with van der Waals surface area (Å²) >= 11 is 3.47. The van der Waals surface area contributed by atoms with Gasteiger partial charge in [0.05, 0.1) is 17.4 Å². The number of halogens is 1. The lowest BCUT2D eigenvalue weighted by Crippen LogP contribution is -2.20. The molecule has 0 aliphatic rings. The highest BCUT2D eigenvalue weighted by atomic mass is 79.9. The minimum absolute atomic E-state index is 0.211. The second-order valence-corrected chi connectivity index (χ2v) is 5.79. The van der Waals surface area contributed by atoms with Gasteiger partial charge in [-0.05, 0) is 55.2 Å². The lowest BCUT2D eigenvalue weighted by Gasteiger charge is -2.16. The second kappa shape index (κ2) is 6.05. The van der Waals surface area contributed by atoms with Crippen LogP contribution in [0, 0.1) is 13.8 Å². The van der Waals surface area contributed by atoms with Crippen molar-refractivity contribution in [2.45, 2.75) is 32.7 Å². The van der Waals surface area contributed by atoms with Crippen LogP contribution in [0.2, 0.25) is 0 Å². The zero-order chi connectivity index (χ0) is 14.9. The van der Waals surface area contributed by atoms with E-state index in [0.29, 0.717) is 0 Å². The largest absolute Gasteiger partial charge is 0.312 e. The molecule has 7 heteroatoms. The van der Waals surface area contributed by atoms with E-state index < -0.39 is 0 Å². The Morgan fingerprint density at radius 2 is 1.95 bits per heavy atom. The molecule has 0 aliphatic carbocycles. The first-order valence-electron chi connectivity index (χ1n) is 6.67. The Balaban J connectivity index is 2.16. The van der Waals surface area contributed by atoms with Crippen LogP contribution in [0.3, 0.4) is 0 Å². The lowest BCUT2D eigenvalue weighted by atomic mass is 10.0. The summed E-state index contributed by atoms with van der Waals surface area (Å²) in [5.41, 5.74) is 4.76. The SMILES string of the molecule is CNC(CCc1c(C)nn(C)c1C)c1c(Br)nnn1C. The van der Waals surface area contributed by atoms with Gasteiger partial charge in [-0.3, -0.25) is 4.68 Å². The molecule has 0 amide bonds. The zero-order valence-electron chi connectivity index (χ0n) is 12.6. The number of nitrogens with one attached hydrogen (secondary N) is 1. The van der Waals surface area contributed by atoms with E-state index in [1.807, 2.05) is 30.5 Å². The molecule has 0 spiro atoms. The maximum absolute atomic E-state index is 4.47. The van der Waals surface area contributed by atoms with E-state index in [2.05, 4.69) is 50.5 Å². The first-order chi connectivity index (χ1) is 9.45. The van der Waals surface area contributed by atoms with Crippen LogP contribution in [0.5, 0.6) is 0 Å². The van der Waals surface area contributed by atoms with Crippen molar-refractivity contribution in [1.82, 2.24) is 30.1 Å². The van der Waals surface area contributed by atoms with Crippen molar-refractivity contribution in [1.29, 1.82) is 0 Å². The van der Waals surface area contributed by atoms with Crippen molar-refractivity contribution in [2.24, 2.45) is 14.1 Å². The normalized spacial score (nSPS) is 12.9. The average Bonchev–Trinajstić information content (AvgIpc) is 2.85. The van der Waals surface area contributed by atoms with Gasteiger partial charge in [0.2, 0.25) is 0 Å². The molecule has 1 unspecified atom stereocenters. The molecule has 0 bridgehead atoms. The van der Waals surface area contributed by atoms with Gasteiger partial charge in [0, 0.05) is 19.8 Å². The van der Waals surface area contributed by atoms with Crippen LogP contribution in [0.15, 0.2) is 4.60 Å². The van der Waals surface area contributed by atoms with Crippen LogP contribution in [0.25, 0.3) is 0 Å². The fraction of sp³-hybridized carbons (Fsp3) is 0.615. The Labute approximate surface area is 127 Å². The van der Waals surface area contributed by atoms with Gasteiger partial charge in [-0.15, -0.1) is 5.10 Å². The van der Waals surface area contributed by atoms with Crippen molar-refractivity contribution in [3.8, 4) is 0 Å². The third kappa shape index (κ3) is 2.78. The third-order valence-corrected chi connectivity index (χ3v) is 4.41. The number of hydrogen-bond acceptors (Lipinski definition) is 4. The topological polar surface area (TPSA) is 60.6 Å². The highest BCUT2D eigenvalue weighted by Crippen LogP contribution is 2.25. The molecule has 110 valence electrons.